The van der Waals surface area contributed by atoms with Crippen molar-refractivity contribution in [2.45, 2.75) is 38.8 Å². The molecule has 5 heteroatoms. The molecule has 5 nitrogen and oxygen atoms in total. The maximum Gasteiger partial charge on any atom is 0.412 e. The third-order valence-electron chi connectivity index (χ3n) is 2.98. The Bertz CT molecular complexity index is 462. The molecule has 1 heterocycles. The van der Waals surface area contributed by atoms with Crippen molar-refractivity contribution in [1.29, 1.82) is 0 Å². The lowest BCUT2D eigenvalue weighted by Gasteiger charge is -2.21. The molecule has 1 fully saturated rings. The quantitative estimate of drug-likeness (QED) is 0.795. The van der Waals surface area contributed by atoms with Gasteiger partial charge in [-0.1, -0.05) is 12.1 Å². The van der Waals surface area contributed by atoms with Gasteiger partial charge in [-0.2, -0.15) is 0 Å². The monoisotopic (exact) mass is 277 g/mol. The van der Waals surface area contributed by atoms with Gasteiger partial charge in [-0.25, -0.2) is 4.79 Å². The molecular weight excluding hydrogens is 254 g/mol. The summed E-state index contributed by atoms with van der Waals surface area (Å²) < 4.78 is 5.28. The average Bonchev–Trinajstić information content (AvgIpc) is 2.82. The molecule has 0 aliphatic carbocycles. The average molecular weight is 277 g/mol. The van der Waals surface area contributed by atoms with Crippen LogP contribution >= 0.6 is 0 Å². The fraction of sp³-hybridized carbons (Fsp3) is 0.533. The van der Waals surface area contributed by atoms with Gasteiger partial charge < -0.3 is 15.4 Å². The summed E-state index contributed by atoms with van der Waals surface area (Å²) in [5.74, 6) is 0. The van der Waals surface area contributed by atoms with Gasteiger partial charge in [-0.3, -0.25) is 5.32 Å². The molecule has 1 amide bonds. The van der Waals surface area contributed by atoms with Crippen molar-refractivity contribution >= 4 is 17.5 Å². The number of hydrogen-bond donors (Lipinski definition) is 3. The summed E-state index contributed by atoms with van der Waals surface area (Å²) in [7, 11) is 0. The van der Waals surface area contributed by atoms with E-state index < -0.39 is 11.7 Å². The Hall–Kier alpha value is -1.75. The van der Waals surface area contributed by atoms with Crippen LogP contribution in [0.2, 0.25) is 0 Å². The molecule has 1 saturated heterocycles. The zero-order valence-electron chi connectivity index (χ0n) is 12.3. The zero-order valence-corrected chi connectivity index (χ0v) is 12.3. The van der Waals surface area contributed by atoms with Crippen molar-refractivity contribution in [2.24, 2.45) is 0 Å². The Morgan fingerprint density at radius 3 is 2.60 bits per heavy atom. The molecule has 20 heavy (non-hydrogen) atoms. The number of nitrogens with one attached hydrogen (secondary N) is 3. The van der Waals surface area contributed by atoms with Crippen molar-refractivity contribution in [3.63, 3.8) is 0 Å². The third-order valence-corrected chi connectivity index (χ3v) is 2.98. The molecule has 1 aromatic rings. The van der Waals surface area contributed by atoms with E-state index in [9.17, 15) is 4.79 Å². The lowest BCUT2D eigenvalue weighted by atomic mass is 10.2. The van der Waals surface area contributed by atoms with Crippen molar-refractivity contribution in [2.75, 3.05) is 23.7 Å². The van der Waals surface area contributed by atoms with E-state index in [1.807, 2.05) is 45.0 Å². The Morgan fingerprint density at radius 1 is 1.30 bits per heavy atom. The van der Waals surface area contributed by atoms with Crippen LogP contribution in [0, 0.1) is 0 Å². The molecule has 3 N–H and O–H groups in total. The van der Waals surface area contributed by atoms with Crippen LogP contribution in [-0.4, -0.2) is 30.8 Å². The van der Waals surface area contributed by atoms with Crippen molar-refractivity contribution in [3.05, 3.63) is 24.3 Å². The highest BCUT2D eigenvalue weighted by Crippen LogP contribution is 2.23. The number of benzene rings is 1. The molecule has 0 radical (unpaired) electrons. The molecule has 0 bridgehead atoms. The van der Waals surface area contributed by atoms with E-state index in [1.54, 1.807) is 0 Å². The highest BCUT2D eigenvalue weighted by molar-refractivity contribution is 5.89. The van der Waals surface area contributed by atoms with Crippen LogP contribution in [0.3, 0.4) is 0 Å². The standard InChI is InChI=1S/C15H23N3O2/c1-15(2,3)20-14(19)18-13-7-5-4-6-12(13)17-11-8-9-16-10-11/h4-7,11,16-17H,8-10H2,1-3H3,(H,18,19). The van der Waals surface area contributed by atoms with Crippen LogP contribution < -0.4 is 16.0 Å². The minimum Gasteiger partial charge on any atom is -0.444 e. The maximum absolute atomic E-state index is 11.8. The second-order valence-corrected chi connectivity index (χ2v) is 6.01. The fourth-order valence-electron chi connectivity index (χ4n) is 2.13. The molecule has 2 rings (SSSR count). The smallest absolute Gasteiger partial charge is 0.412 e. The van der Waals surface area contributed by atoms with Gasteiger partial charge in [0, 0.05) is 12.6 Å². The molecule has 1 unspecified atom stereocenters. The van der Waals surface area contributed by atoms with Gasteiger partial charge in [0.15, 0.2) is 0 Å². The first-order valence-corrected chi connectivity index (χ1v) is 7.00. The first-order chi connectivity index (χ1) is 9.44. The van der Waals surface area contributed by atoms with Crippen LogP contribution in [-0.2, 0) is 4.74 Å². The summed E-state index contributed by atoms with van der Waals surface area (Å²) in [4.78, 5) is 11.8. The lowest BCUT2D eigenvalue weighted by molar-refractivity contribution is 0.0636. The lowest BCUT2D eigenvalue weighted by Crippen LogP contribution is -2.28. The second kappa shape index (κ2) is 6.13. The van der Waals surface area contributed by atoms with Gasteiger partial charge >= 0.3 is 6.09 Å². The molecular formula is C15H23N3O2. The Balaban J connectivity index is 2.01. The summed E-state index contributed by atoms with van der Waals surface area (Å²) >= 11 is 0. The Kier molecular flexibility index (Phi) is 4.49. The van der Waals surface area contributed by atoms with Gasteiger partial charge in [-0.05, 0) is 45.9 Å². The summed E-state index contributed by atoms with van der Waals surface area (Å²) in [6.45, 7) is 7.52. The largest absolute Gasteiger partial charge is 0.444 e. The van der Waals surface area contributed by atoms with Gasteiger partial charge in [0.1, 0.15) is 5.60 Å². The van der Waals surface area contributed by atoms with Crippen LogP contribution in [0.4, 0.5) is 16.2 Å². The normalized spacial score (nSPS) is 18.6. The van der Waals surface area contributed by atoms with Crippen LogP contribution in [0.5, 0.6) is 0 Å². The Morgan fingerprint density at radius 2 is 2.00 bits per heavy atom. The number of para-hydroxylation sites is 2. The van der Waals surface area contributed by atoms with Gasteiger partial charge in [0.05, 0.1) is 11.4 Å². The number of rotatable bonds is 3. The summed E-state index contributed by atoms with van der Waals surface area (Å²) in [6.07, 6.45) is 0.650. The molecule has 1 aliphatic heterocycles. The van der Waals surface area contributed by atoms with Crippen molar-refractivity contribution < 1.29 is 9.53 Å². The van der Waals surface area contributed by atoms with Crippen LogP contribution in [0.1, 0.15) is 27.2 Å². The van der Waals surface area contributed by atoms with E-state index in [0.29, 0.717) is 6.04 Å². The number of hydrogen-bond acceptors (Lipinski definition) is 4. The van der Waals surface area contributed by atoms with Crippen molar-refractivity contribution in [3.8, 4) is 0 Å². The number of amides is 1. The molecule has 0 saturated carbocycles. The topological polar surface area (TPSA) is 62.4 Å². The van der Waals surface area contributed by atoms with E-state index in [-0.39, 0.29) is 0 Å². The van der Waals surface area contributed by atoms with Crippen LogP contribution in [0.15, 0.2) is 24.3 Å². The minimum atomic E-state index is -0.498. The maximum atomic E-state index is 11.8. The zero-order chi connectivity index (χ0) is 14.6. The predicted molar refractivity (Wildman–Crippen MR) is 81.2 cm³/mol. The minimum absolute atomic E-state index is 0.400. The van der Waals surface area contributed by atoms with Gasteiger partial charge in [-0.15, -0.1) is 0 Å². The highest BCUT2D eigenvalue weighted by Gasteiger charge is 2.19. The fourth-order valence-corrected chi connectivity index (χ4v) is 2.13. The SMILES string of the molecule is CC(C)(C)OC(=O)Nc1ccccc1NC1CCNC1. The highest BCUT2D eigenvalue weighted by atomic mass is 16.6. The second-order valence-electron chi connectivity index (χ2n) is 6.01. The van der Waals surface area contributed by atoms with E-state index in [2.05, 4.69) is 16.0 Å². The number of carbonyl (C=O) groups is 1. The van der Waals surface area contributed by atoms with E-state index in [1.165, 1.54) is 0 Å². The van der Waals surface area contributed by atoms with Crippen LogP contribution in [0.25, 0.3) is 0 Å². The number of ether oxygens (including phenoxy) is 1. The number of anilines is 2. The molecule has 110 valence electrons. The summed E-state index contributed by atoms with van der Waals surface area (Å²) in [5.41, 5.74) is 1.17. The predicted octanol–water partition coefficient (Wildman–Crippen LogP) is 2.81. The van der Waals surface area contributed by atoms with Crippen molar-refractivity contribution in [1.82, 2.24) is 5.32 Å². The third kappa shape index (κ3) is 4.42. The Labute approximate surface area is 120 Å². The summed E-state index contributed by atoms with van der Waals surface area (Å²) in [6, 6.07) is 8.08. The summed E-state index contributed by atoms with van der Waals surface area (Å²) in [5, 5.41) is 9.55. The van der Waals surface area contributed by atoms with Gasteiger partial charge in [0.2, 0.25) is 0 Å². The number of carbonyl (C=O) groups excluding carboxylic acids is 1. The van der Waals surface area contributed by atoms with E-state index in [0.717, 1.165) is 30.9 Å². The first kappa shape index (κ1) is 14.7. The van der Waals surface area contributed by atoms with Gasteiger partial charge in [0.25, 0.3) is 0 Å². The molecule has 1 aliphatic rings. The van der Waals surface area contributed by atoms with E-state index in [4.69, 9.17) is 4.74 Å². The first-order valence-electron chi connectivity index (χ1n) is 7.00. The molecule has 0 aromatic heterocycles. The molecule has 0 spiro atoms. The molecule has 1 aromatic carbocycles. The van der Waals surface area contributed by atoms with E-state index >= 15 is 0 Å². The molecule has 1 atom stereocenters.